The van der Waals surface area contributed by atoms with Gasteiger partial charge < -0.3 is 24.2 Å². The predicted molar refractivity (Wildman–Crippen MR) is 126 cm³/mol. The summed E-state index contributed by atoms with van der Waals surface area (Å²) in [4.78, 5) is 21.8. The second-order valence-corrected chi connectivity index (χ2v) is 8.57. The van der Waals surface area contributed by atoms with Gasteiger partial charge in [-0.05, 0) is 24.3 Å². The van der Waals surface area contributed by atoms with Gasteiger partial charge in [0, 0.05) is 41.2 Å². The summed E-state index contributed by atoms with van der Waals surface area (Å²) in [5.74, 6) is 1.45. The van der Waals surface area contributed by atoms with Crippen molar-refractivity contribution in [3.05, 3.63) is 53.9 Å². The van der Waals surface area contributed by atoms with E-state index in [1.807, 2.05) is 49.0 Å². The van der Waals surface area contributed by atoms with Gasteiger partial charge in [-0.3, -0.25) is 0 Å². The van der Waals surface area contributed by atoms with E-state index in [9.17, 15) is 9.90 Å². The largest absolute Gasteiger partial charge is 0.496 e. The maximum atomic E-state index is 11.6. The van der Waals surface area contributed by atoms with E-state index in [-0.39, 0.29) is 25.2 Å². The van der Waals surface area contributed by atoms with Crippen LogP contribution in [-0.4, -0.2) is 65.7 Å². The third-order valence-corrected chi connectivity index (χ3v) is 6.58. The summed E-state index contributed by atoms with van der Waals surface area (Å²) in [7, 11) is 3.27. The molecular formula is C24H27N3O5S. The van der Waals surface area contributed by atoms with Crippen LogP contribution < -0.4 is 9.47 Å². The molecule has 3 aromatic rings. The van der Waals surface area contributed by atoms with Gasteiger partial charge in [-0.2, -0.15) is 0 Å². The molecule has 33 heavy (non-hydrogen) atoms. The molecule has 0 spiro atoms. The van der Waals surface area contributed by atoms with Crippen molar-refractivity contribution in [1.82, 2.24) is 14.9 Å². The first-order valence-corrected chi connectivity index (χ1v) is 11.9. The zero-order valence-electron chi connectivity index (χ0n) is 18.9. The van der Waals surface area contributed by atoms with Gasteiger partial charge in [-0.1, -0.05) is 36.0 Å². The smallest absolute Gasteiger partial charge is 0.407 e. The third kappa shape index (κ3) is 4.84. The number of aromatic nitrogens is 2. The lowest BCUT2D eigenvalue weighted by molar-refractivity contribution is -0.0206. The van der Waals surface area contributed by atoms with Crippen LogP contribution in [0.15, 0.2) is 47.9 Å². The minimum Gasteiger partial charge on any atom is -0.496 e. The van der Waals surface area contributed by atoms with Crippen molar-refractivity contribution in [2.45, 2.75) is 30.2 Å². The molecule has 1 aliphatic rings. The first-order valence-electron chi connectivity index (χ1n) is 10.6. The summed E-state index contributed by atoms with van der Waals surface area (Å²) in [5.41, 5.74) is 1.79. The zero-order chi connectivity index (χ0) is 23.4. The molecular weight excluding hydrogens is 442 g/mol. The number of ether oxygens (including phenoxy) is 3. The van der Waals surface area contributed by atoms with Crippen molar-refractivity contribution in [3.8, 4) is 11.5 Å². The van der Waals surface area contributed by atoms with Crippen molar-refractivity contribution < 1.29 is 24.1 Å². The Bertz CT molecular complexity index is 1130. The molecule has 2 atom stereocenters. The van der Waals surface area contributed by atoms with Gasteiger partial charge in [-0.15, -0.1) is 0 Å². The number of nitrogens with zero attached hydrogens (tertiary/aromatic N) is 3. The van der Waals surface area contributed by atoms with Gasteiger partial charge in [-0.25, -0.2) is 14.8 Å². The predicted octanol–water partition coefficient (Wildman–Crippen LogP) is 4.42. The number of hydrogen-bond donors (Lipinski definition) is 1. The molecule has 174 valence electrons. The van der Waals surface area contributed by atoms with E-state index < -0.39 is 6.09 Å². The lowest BCUT2D eigenvalue weighted by Gasteiger charge is -2.37. The van der Waals surface area contributed by atoms with Crippen molar-refractivity contribution in [2.24, 2.45) is 0 Å². The van der Waals surface area contributed by atoms with Gasteiger partial charge in [0.05, 0.1) is 33.5 Å². The highest BCUT2D eigenvalue weighted by atomic mass is 32.2. The van der Waals surface area contributed by atoms with Crippen LogP contribution in [-0.2, 0) is 11.3 Å². The summed E-state index contributed by atoms with van der Waals surface area (Å²) in [6.45, 7) is 0.970. The third-order valence-electron chi connectivity index (χ3n) is 6.00. The monoisotopic (exact) mass is 469 g/mol. The number of methoxy groups -OCH3 is 2. The fourth-order valence-corrected chi connectivity index (χ4v) is 4.66. The average molecular weight is 470 g/mol. The van der Waals surface area contributed by atoms with E-state index in [2.05, 4.69) is 9.97 Å². The van der Waals surface area contributed by atoms with Gasteiger partial charge in [0.25, 0.3) is 0 Å². The van der Waals surface area contributed by atoms with Crippen LogP contribution in [0.25, 0.3) is 10.8 Å². The molecule has 2 heterocycles. The first kappa shape index (κ1) is 23.1. The van der Waals surface area contributed by atoms with Crippen molar-refractivity contribution >= 4 is 28.6 Å². The molecule has 2 aromatic carbocycles. The number of carbonyl (C=O) groups is 1. The molecule has 1 amide bonds. The summed E-state index contributed by atoms with van der Waals surface area (Å²) in [5, 5.41) is 12.1. The van der Waals surface area contributed by atoms with E-state index in [0.29, 0.717) is 18.1 Å². The van der Waals surface area contributed by atoms with E-state index in [0.717, 1.165) is 33.4 Å². The normalized spacial score (nSPS) is 18.3. The molecule has 0 aliphatic carbocycles. The Hall–Kier alpha value is -3.04. The Morgan fingerprint density at radius 3 is 2.55 bits per heavy atom. The second kappa shape index (κ2) is 10.3. The molecule has 0 radical (unpaired) electrons. The number of rotatable bonds is 7. The Labute approximate surface area is 196 Å². The first-order chi connectivity index (χ1) is 16.0. The standard InChI is InChI=1S/C24H27N3O5S/c1-30-20-10-15(22(31-2)19-7-5-4-6-18(19)20)14-32-21-13-27(24(28)29)9-8-17(21)16-11-25-23(33-3)26-12-16/h4-7,10-12,17,21H,8-9,13-14H2,1-3H3,(H,28,29). The number of amides is 1. The second-order valence-electron chi connectivity index (χ2n) is 7.79. The lowest BCUT2D eigenvalue weighted by Crippen LogP contribution is -2.46. The van der Waals surface area contributed by atoms with E-state index in [1.165, 1.54) is 16.7 Å². The van der Waals surface area contributed by atoms with Gasteiger partial charge >= 0.3 is 6.09 Å². The summed E-state index contributed by atoms with van der Waals surface area (Å²) < 4.78 is 17.7. The maximum Gasteiger partial charge on any atom is 0.407 e. The molecule has 1 aliphatic heterocycles. The molecule has 1 N–H and O–H groups in total. The zero-order valence-corrected chi connectivity index (χ0v) is 19.7. The summed E-state index contributed by atoms with van der Waals surface area (Å²) >= 11 is 1.48. The number of carboxylic acid groups (broad SMARTS) is 1. The number of fused-ring (bicyclic) bond motifs is 1. The van der Waals surface area contributed by atoms with Gasteiger partial charge in [0.1, 0.15) is 11.5 Å². The van der Waals surface area contributed by atoms with Crippen LogP contribution >= 0.6 is 11.8 Å². The molecule has 1 fully saturated rings. The lowest BCUT2D eigenvalue weighted by atomic mass is 9.88. The van der Waals surface area contributed by atoms with E-state index >= 15 is 0 Å². The minimum absolute atomic E-state index is 0.00940. The minimum atomic E-state index is -0.944. The highest BCUT2D eigenvalue weighted by Crippen LogP contribution is 2.38. The van der Waals surface area contributed by atoms with E-state index in [1.54, 1.807) is 14.2 Å². The fraction of sp³-hybridized carbons (Fsp3) is 0.375. The Balaban J connectivity index is 1.63. The van der Waals surface area contributed by atoms with Crippen LogP contribution in [0.1, 0.15) is 23.5 Å². The fourth-order valence-electron chi connectivity index (χ4n) is 4.35. The summed E-state index contributed by atoms with van der Waals surface area (Å²) in [6.07, 6.45) is 4.90. The number of likely N-dealkylation sites (tertiary alicyclic amines) is 1. The highest BCUT2D eigenvalue weighted by Gasteiger charge is 2.34. The molecule has 9 heteroatoms. The molecule has 2 unspecified atom stereocenters. The average Bonchev–Trinajstić information content (AvgIpc) is 2.86. The number of benzene rings is 2. The molecule has 1 aromatic heterocycles. The number of hydrogen-bond acceptors (Lipinski definition) is 7. The molecule has 0 saturated carbocycles. The maximum absolute atomic E-state index is 11.6. The molecule has 4 rings (SSSR count). The van der Waals surface area contributed by atoms with Crippen LogP contribution in [0.5, 0.6) is 11.5 Å². The quantitative estimate of drug-likeness (QED) is 0.401. The van der Waals surface area contributed by atoms with Crippen molar-refractivity contribution in [2.75, 3.05) is 33.6 Å². The Morgan fingerprint density at radius 2 is 1.91 bits per heavy atom. The Morgan fingerprint density at radius 1 is 1.18 bits per heavy atom. The molecule has 0 bridgehead atoms. The SMILES string of the molecule is COc1cc(COC2CN(C(=O)O)CCC2c2cnc(SC)nc2)c(OC)c2ccccc12. The highest BCUT2D eigenvalue weighted by molar-refractivity contribution is 7.98. The van der Waals surface area contributed by atoms with Crippen LogP contribution in [0.2, 0.25) is 0 Å². The number of piperidine rings is 1. The topological polar surface area (TPSA) is 94.0 Å². The van der Waals surface area contributed by atoms with Crippen LogP contribution in [0.4, 0.5) is 4.79 Å². The van der Waals surface area contributed by atoms with E-state index in [4.69, 9.17) is 14.2 Å². The van der Waals surface area contributed by atoms with Crippen molar-refractivity contribution in [1.29, 1.82) is 0 Å². The van der Waals surface area contributed by atoms with Crippen LogP contribution in [0, 0.1) is 0 Å². The van der Waals surface area contributed by atoms with Crippen LogP contribution in [0.3, 0.4) is 0 Å². The van der Waals surface area contributed by atoms with Gasteiger partial charge in [0.15, 0.2) is 5.16 Å². The Kier molecular flexibility index (Phi) is 7.20. The number of thioether (sulfide) groups is 1. The van der Waals surface area contributed by atoms with Crippen molar-refractivity contribution in [3.63, 3.8) is 0 Å². The molecule has 8 nitrogen and oxygen atoms in total. The summed E-state index contributed by atoms with van der Waals surface area (Å²) in [6, 6.07) is 9.80. The van der Waals surface area contributed by atoms with Gasteiger partial charge in [0.2, 0.25) is 0 Å². The molecule has 1 saturated heterocycles.